The van der Waals surface area contributed by atoms with Gasteiger partial charge in [0.2, 0.25) is 9.64 Å². The first-order valence-corrected chi connectivity index (χ1v) is 8.52. The molecule has 0 amide bonds. The standard InChI is InChI=1S/C10H20Cl3O4P/c1-5-7(3)16-18(15,17-8(4)6-2)9(14)10(11,12)13/h7-9,14H,5-6H2,1-4H3/t7-,8-,9-/m0/s1. The van der Waals surface area contributed by atoms with E-state index in [1.54, 1.807) is 13.8 Å². The molecule has 0 aromatic rings. The summed E-state index contributed by atoms with van der Waals surface area (Å²) in [6.45, 7) is 7.11. The summed E-state index contributed by atoms with van der Waals surface area (Å²) in [6, 6.07) is 0. The molecular formula is C10H20Cl3O4P. The molecule has 0 saturated heterocycles. The van der Waals surface area contributed by atoms with Crippen molar-refractivity contribution in [3.8, 4) is 0 Å². The highest BCUT2D eigenvalue weighted by atomic mass is 35.6. The van der Waals surface area contributed by atoms with Crippen molar-refractivity contribution in [2.45, 2.75) is 62.4 Å². The van der Waals surface area contributed by atoms with Crippen molar-refractivity contribution < 1.29 is 18.7 Å². The number of aliphatic hydroxyl groups is 1. The molecule has 0 heterocycles. The van der Waals surface area contributed by atoms with E-state index < -0.39 is 17.2 Å². The van der Waals surface area contributed by atoms with Crippen LogP contribution in [0.3, 0.4) is 0 Å². The fourth-order valence-electron chi connectivity index (χ4n) is 0.970. The molecule has 8 heteroatoms. The topological polar surface area (TPSA) is 55.8 Å². The zero-order chi connectivity index (χ0) is 14.6. The van der Waals surface area contributed by atoms with Crippen LogP contribution in [0.15, 0.2) is 0 Å². The third-order valence-corrected chi connectivity index (χ3v) is 5.77. The first-order chi connectivity index (χ1) is 8.06. The van der Waals surface area contributed by atoms with E-state index in [0.717, 1.165) is 0 Å². The molecule has 0 unspecified atom stereocenters. The van der Waals surface area contributed by atoms with Gasteiger partial charge in [-0.25, -0.2) is 0 Å². The van der Waals surface area contributed by atoms with Gasteiger partial charge in [-0.05, 0) is 26.7 Å². The molecule has 0 aliphatic rings. The molecule has 0 radical (unpaired) electrons. The predicted molar refractivity (Wildman–Crippen MR) is 75.6 cm³/mol. The van der Waals surface area contributed by atoms with Gasteiger partial charge in [-0.3, -0.25) is 4.57 Å². The smallest absolute Gasteiger partial charge is 0.363 e. The highest BCUT2D eigenvalue weighted by Gasteiger charge is 2.49. The Morgan fingerprint density at radius 1 is 1.11 bits per heavy atom. The Kier molecular flexibility index (Phi) is 8.10. The number of hydrogen-bond donors (Lipinski definition) is 1. The van der Waals surface area contributed by atoms with Gasteiger partial charge < -0.3 is 14.2 Å². The van der Waals surface area contributed by atoms with Gasteiger partial charge in [0.25, 0.3) is 0 Å². The summed E-state index contributed by atoms with van der Waals surface area (Å²) in [6.07, 6.45) is 0.449. The molecule has 1 N–H and O–H groups in total. The monoisotopic (exact) mass is 340 g/mol. The molecule has 0 aliphatic heterocycles. The SMILES string of the molecule is CC[C@H](C)OP(=O)(O[C@@H](C)CC)[C@H](O)C(Cl)(Cl)Cl. The molecule has 0 aromatic carbocycles. The van der Waals surface area contributed by atoms with Crippen molar-refractivity contribution in [3.63, 3.8) is 0 Å². The Hall–Kier alpha value is 0.980. The lowest BCUT2D eigenvalue weighted by atomic mass is 10.3. The maximum atomic E-state index is 12.6. The Bertz CT molecular complexity index is 279. The van der Waals surface area contributed by atoms with Crippen LogP contribution >= 0.6 is 42.4 Å². The maximum absolute atomic E-state index is 12.6. The van der Waals surface area contributed by atoms with Crippen molar-refractivity contribution in [2.24, 2.45) is 0 Å². The predicted octanol–water partition coefficient (Wildman–Crippen LogP) is 4.50. The van der Waals surface area contributed by atoms with Crippen LogP contribution in [-0.4, -0.2) is 27.0 Å². The van der Waals surface area contributed by atoms with Crippen LogP contribution in [0, 0.1) is 0 Å². The van der Waals surface area contributed by atoms with Crippen LogP contribution in [0.25, 0.3) is 0 Å². The molecule has 18 heavy (non-hydrogen) atoms. The van der Waals surface area contributed by atoms with Crippen molar-refractivity contribution >= 4 is 42.4 Å². The minimum Gasteiger partial charge on any atom is -0.377 e. The summed E-state index contributed by atoms with van der Waals surface area (Å²) < 4.78 is 21.0. The molecule has 0 rings (SSSR count). The van der Waals surface area contributed by atoms with Gasteiger partial charge in [0.15, 0.2) is 0 Å². The first-order valence-electron chi connectivity index (χ1n) is 5.78. The van der Waals surface area contributed by atoms with Crippen LogP contribution < -0.4 is 0 Å². The third-order valence-electron chi connectivity index (χ3n) is 2.40. The van der Waals surface area contributed by atoms with Crippen molar-refractivity contribution in [2.75, 3.05) is 0 Å². The minimum atomic E-state index is -3.92. The van der Waals surface area contributed by atoms with Crippen LogP contribution in [0.4, 0.5) is 0 Å². The fraction of sp³-hybridized carbons (Fsp3) is 1.00. The van der Waals surface area contributed by atoms with E-state index in [1.165, 1.54) is 0 Å². The summed E-state index contributed by atoms with van der Waals surface area (Å²) in [5.41, 5.74) is 0. The largest absolute Gasteiger partial charge is 0.377 e. The van der Waals surface area contributed by atoms with E-state index in [4.69, 9.17) is 43.9 Å². The molecule has 0 fully saturated rings. The Labute approximate surface area is 123 Å². The lowest BCUT2D eigenvalue weighted by molar-refractivity contribution is 0.0888. The first kappa shape index (κ1) is 19.0. The number of alkyl halides is 3. The van der Waals surface area contributed by atoms with Crippen molar-refractivity contribution in [3.05, 3.63) is 0 Å². The van der Waals surface area contributed by atoms with Gasteiger partial charge in [-0.2, -0.15) is 0 Å². The Morgan fingerprint density at radius 3 is 1.67 bits per heavy atom. The van der Waals surface area contributed by atoms with Gasteiger partial charge in [0.05, 0.1) is 12.2 Å². The van der Waals surface area contributed by atoms with Gasteiger partial charge >= 0.3 is 7.60 Å². The Balaban J connectivity index is 5.09. The molecule has 4 nitrogen and oxygen atoms in total. The fourth-order valence-corrected chi connectivity index (χ4v) is 3.99. The molecule has 0 aliphatic carbocycles. The quantitative estimate of drug-likeness (QED) is 0.547. The zero-order valence-corrected chi connectivity index (χ0v) is 14.1. The van der Waals surface area contributed by atoms with Gasteiger partial charge in [0, 0.05) is 0 Å². The zero-order valence-electron chi connectivity index (χ0n) is 10.9. The van der Waals surface area contributed by atoms with Gasteiger partial charge in [0.1, 0.15) is 0 Å². The number of aliphatic hydroxyl groups excluding tert-OH is 1. The summed E-state index contributed by atoms with van der Waals surface area (Å²) in [5, 5.41) is 9.88. The molecule has 3 atom stereocenters. The van der Waals surface area contributed by atoms with E-state index in [1.807, 2.05) is 13.8 Å². The second-order valence-electron chi connectivity index (χ2n) is 4.10. The summed E-state index contributed by atoms with van der Waals surface area (Å²) in [4.78, 5) is 0. The van der Waals surface area contributed by atoms with Crippen molar-refractivity contribution in [1.29, 1.82) is 0 Å². The highest BCUT2D eigenvalue weighted by Crippen LogP contribution is 2.60. The number of hydrogen-bond acceptors (Lipinski definition) is 4. The maximum Gasteiger partial charge on any atom is 0.363 e. The van der Waals surface area contributed by atoms with Crippen LogP contribution in [-0.2, 0) is 13.6 Å². The summed E-state index contributed by atoms with van der Waals surface area (Å²) >= 11 is 16.7. The average molecular weight is 342 g/mol. The summed E-state index contributed by atoms with van der Waals surface area (Å²) in [5.74, 6) is -1.82. The van der Waals surface area contributed by atoms with Crippen LogP contribution in [0.5, 0.6) is 0 Å². The molecule has 0 saturated carbocycles. The summed E-state index contributed by atoms with van der Waals surface area (Å²) in [7, 11) is -3.92. The molecule has 0 aromatic heterocycles. The molecular weight excluding hydrogens is 321 g/mol. The lowest BCUT2D eigenvalue weighted by Crippen LogP contribution is -2.29. The van der Waals surface area contributed by atoms with Gasteiger partial charge in [-0.1, -0.05) is 48.7 Å². The van der Waals surface area contributed by atoms with Crippen LogP contribution in [0.1, 0.15) is 40.5 Å². The second kappa shape index (κ2) is 7.68. The normalized spacial score (nSPS) is 18.4. The minimum absolute atomic E-state index is 0.373. The Morgan fingerprint density at radius 2 is 1.44 bits per heavy atom. The molecule has 0 spiro atoms. The molecule has 110 valence electrons. The van der Waals surface area contributed by atoms with Crippen molar-refractivity contribution in [1.82, 2.24) is 0 Å². The third kappa shape index (κ3) is 5.96. The van der Waals surface area contributed by atoms with E-state index in [2.05, 4.69) is 0 Å². The second-order valence-corrected chi connectivity index (χ2v) is 8.46. The van der Waals surface area contributed by atoms with Crippen LogP contribution in [0.2, 0.25) is 0 Å². The average Bonchev–Trinajstić information content (AvgIpc) is 2.26. The highest BCUT2D eigenvalue weighted by molar-refractivity contribution is 7.55. The van der Waals surface area contributed by atoms with E-state index in [-0.39, 0.29) is 12.2 Å². The number of rotatable bonds is 7. The van der Waals surface area contributed by atoms with E-state index in [0.29, 0.717) is 12.8 Å². The van der Waals surface area contributed by atoms with E-state index in [9.17, 15) is 9.67 Å². The van der Waals surface area contributed by atoms with E-state index >= 15 is 0 Å². The lowest BCUT2D eigenvalue weighted by Gasteiger charge is -2.31. The molecule has 0 bridgehead atoms. The number of halogens is 3. The van der Waals surface area contributed by atoms with Gasteiger partial charge in [-0.15, -0.1) is 0 Å².